The highest BCUT2D eigenvalue weighted by Crippen LogP contribution is 2.23. The minimum Gasteiger partial charge on any atom is -0.394 e. The molecule has 0 radical (unpaired) electrons. The summed E-state index contributed by atoms with van der Waals surface area (Å²) in [6.07, 6.45) is 67.5. The van der Waals surface area contributed by atoms with Crippen LogP contribution >= 0.6 is 0 Å². The van der Waals surface area contributed by atoms with Gasteiger partial charge in [0.15, 0.2) is 6.29 Å². The molecule has 1 heterocycles. The molecule has 7 atom stereocenters. The molecule has 1 amide bonds. The highest BCUT2D eigenvalue weighted by molar-refractivity contribution is 5.76. The van der Waals surface area contributed by atoms with Crippen molar-refractivity contribution in [3.05, 3.63) is 60.8 Å². The van der Waals surface area contributed by atoms with E-state index in [0.717, 1.165) is 57.8 Å². The fourth-order valence-electron chi connectivity index (χ4n) is 9.81. The third-order valence-corrected chi connectivity index (χ3v) is 14.8. The van der Waals surface area contributed by atoms with Crippen LogP contribution in [-0.4, -0.2) is 87.5 Å². The van der Waals surface area contributed by atoms with Crippen molar-refractivity contribution in [3.63, 3.8) is 0 Å². The maximum absolute atomic E-state index is 13.1. The van der Waals surface area contributed by atoms with Crippen LogP contribution < -0.4 is 5.32 Å². The average Bonchev–Trinajstić information content (AvgIpc) is 3.40. The predicted octanol–water partition coefficient (Wildman–Crippen LogP) is 16.2. The fourth-order valence-corrected chi connectivity index (χ4v) is 9.81. The summed E-state index contributed by atoms with van der Waals surface area (Å²) in [4.78, 5) is 13.1. The maximum atomic E-state index is 13.1. The van der Waals surface area contributed by atoms with Crippen LogP contribution in [0.15, 0.2) is 60.8 Å². The van der Waals surface area contributed by atoms with Crippen LogP contribution in [0.5, 0.6) is 0 Å². The van der Waals surface area contributed by atoms with Gasteiger partial charge in [-0.15, -0.1) is 0 Å². The Morgan fingerprint density at radius 3 is 1.22 bits per heavy atom. The first kappa shape index (κ1) is 69.9. The van der Waals surface area contributed by atoms with E-state index in [9.17, 15) is 30.3 Å². The number of aliphatic hydroxyl groups excluding tert-OH is 5. The Kier molecular flexibility index (Phi) is 51.3. The van der Waals surface area contributed by atoms with Gasteiger partial charge in [-0.1, -0.05) is 267 Å². The second-order valence-electron chi connectivity index (χ2n) is 21.8. The van der Waals surface area contributed by atoms with Gasteiger partial charge in [-0.3, -0.25) is 4.79 Å². The zero-order valence-electron chi connectivity index (χ0n) is 48.1. The van der Waals surface area contributed by atoms with Crippen LogP contribution in [0.2, 0.25) is 0 Å². The highest BCUT2D eigenvalue weighted by atomic mass is 16.7. The van der Waals surface area contributed by atoms with Crippen molar-refractivity contribution in [2.45, 2.75) is 333 Å². The number of aliphatic hydroxyl groups is 5. The molecule has 0 aromatic rings. The number of allylic oxidation sites excluding steroid dienone is 9. The number of carbonyl (C=O) groups is 1. The molecule has 0 aromatic heterocycles. The zero-order chi connectivity index (χ0) is 53.6. The molecule has 0 bridgehead atoms. The monoisotopic (exact) mass is 1040 g/mol. The van der Waals surface area contributed by atoms with Gasteiger partial charge in [0.2, 0.25) is 5.91 Å². The third kappa shape index (κ3) is 42.9. The number of unbranched alkanes of at least 4 members (excludes halogenated alkanes) is 36. The van der Waals surface area contributed by atoms with Gasteiger partial charge in [0.25, 0.3) is 0 Å². The molecule has 432 valence electrons. The van der Waals surface area contributed by atoms with E-state index < -0.39 is 49.5 Å². The first-order valence-corrected chi connectivity index (χ1v) is 31.5. The van der Waals surface area contributed by atoms with E-state index in [0.29, 0.717) is 6.42 Å². The van der Waals surface area contributed by atoms with Gasteiger partial charge in [0, 0.05) is 6.42 Å². The largest absolute Gasteiger partial charge is 0.394 e. The molecule has 1 saturated heterocycles. The van der Waals surface area contributed by atoms with Crippen LogP contribution in [0, 0.1) is 0 Å². The first-order chi connectivity index (χ1) is 36.3. The van der Waals surface area contributed by atoms with E-state index in [-0.39, 0.29) is 12.5 Å². The quantitative estimate of drug-likeness (QED) is 0.0261. The average molecular weight is 1040 g/mol. The minimum atomic E-state index is -1.58. The number of ether oxygens (including phenoxy) is 2. The topological polar surface area (TPSA) is 149 Å². The Balaban J connectivity index is 2.11. The molecule has 74 heavy (non-hydrogen) atoms. The lowest BCUT2D eigenvalue weighted by molar-refractivity contribution is -0.302. The smallest absolute Gasteiger partial charge is 0.220 e. The summed E-state index contributed by atoms with van der Waals surface area (Å²) in [6.45, 7) is 3.75. The number of rotatable bonds is 54. The second-order valence-corrected chi connectivity index (χ2v) is 21.8. The van der Waals surface area contributed by atoms with E-state index in [4.69, 9.17) is 9.47 Å². The van der Waals surface area contributed by atoms with Crippen molar-refractivity contribution in [2.75, 3.05) is 13.2 Å². The molecule has 9 heteroatoms. The Morgan fingerprint density at radius 1 is 0.459 bits per heavy atom. The van der Waals surface area contributed by atoms with Crippen molar-refractivity contribution in [1.82, 2.24) is 5.32 Å². The van der Waals surface area contributed by atoms with Crippen LogP contribution in [0.4, 0.5) is 0 Å². The molecule has 0 aromatic carbocycles. The summed E-state index contributed by atoms with van der Waals surface area (Å²) in [5, 5.41) is 54.5. The van der Waals surface area contributed by atoms with Gasteiger partial charge in [-0.05, 0) is 77.0 Å². The van der Waals surface area contributed by atoms with Crippen molar-refractivity contribution in [3.8, 4) is 0 Å². The van der Waals surface area contributed by atoms with Crippen molar-refractivity contribution >= 4 is 5.91 Å². The van der Waals surface area contributed by atoms with Gasteiger partial charge in [0.05, 0.1) is 25.4 Å². The number of amides is 1. The summed E-state index contributed by atoms with van der Waals surface area (Å²) in [6, 6.07) is -0.828. The van der Waals surface area contributed by atoms with Gasteiger partial charge in [-0.2, -0.15) is 0 Å². The van der Waals surface area contributed by atoms with Gasteiger partial charge in [0.1, 0.15) is 24.4 Å². The Hall–Kier alpha value is -2.11. The van der Waals surface area contributed by atoms with E-state index in [2.05, 4.69) is 67.8 Å². The van der Waals surface area contributed by atoms with Crippen molar-refractivity contribution in [2.24, 2.45) is 0 Å². The summed E-state index contributed by atoms with van der Waals surface area (Å²) in [5.74, 6) is -0.188. The summed E-state index contributed by atoms with van der Waals surface area (Å²) in [7, 11) is 0. The third-order valence-electron chi connectivity index (χ3n) is 14.8. The summed E-state index contributed by atoms with van der Waals surface area (Å²) >= 11 is 0. The van der Waals surface area contributed by atoms with E-state index in [1.807, 2.05) is 6.08 Å². The Bertz CT molecular complexity index is 1350. The van der Waals surface area contributed by atoms with Crippen molar-refractivity contribution < 1.29 is 39.8 Å². The Labute approximate surface area is 456 Å². The minimum absolute atomic E-state index is 0.188. The lowest BCUT2D eigenvalue weighted by Gasteiger charge is -2.40. The normalized spacial score (nSPS) is 19.4. The van der Waals surface area contributed by atoms with Crippen molar-refractivity contribution in [1.29, 1.82) is 0 Å². The second kappa shape index (κ2) is 54.3. The van der Waals surface area contributed by atoms with E-state index in [1.165, 1.54) is 212 Å². The fraction of sp³-hybridized carbons (Fsp3) is 0.831. The van der Waals surface area contributed by atoms with E-state index >= 15 is 0 Å². The molecule has 7 unspecified atom stereocenters. The van der Waals surface area contributed by atoms with Gasteiger partial charge in [-0.25, -0.2) is 0 Å². The summed E-state index contributed by atoms with van der Waals surface area (Å²) < 4.78 is 11.3. The molecule has 6 N–H and O–H groups in total. The lowest BCUT2D eigenvalue weighted by atomic mass is 9.99. The van der Waals surface area contributed by atoms with E-state index in [1.54, 1.807) is 6.08 Å². The molecule has 1 aliphatic rings. The maximum Gasteiger partial charge on any atom is 0.220 e. The molecular formula is C65H119NO8. The van der Waals surface area contributed by atoms with Crippen LogP contribution in [-0.2, 0) is 14.3 Å². The molecule has 0 spiro atoms. The molecule has 0 saturated carbocycles. The molecular weight excluding hydrogens is 923 g/mol. The van der Waals surface area contributed by atoms with Crippen LogP contribution in [0.1, 0.15) is 290 Å². The number of carbonyl (C=O) groups excluding carboxylic acids is 1. The number of hydrogen-bond acceptors (Lipinski definition) is 8. The van der Waals surface area contributed by atoms with Crippen LogP contribution in [0.3, 0.4) is 0 Å². The SMILES string of the molecule is CCCCCCC/C=C\C/C=C\CCCCCCCCCCCCCCCCCCCCCCCCCC(=O)NC(COC1OC(CO)C(O)C(O)C1O)C(O)/C=C/CC/C=C/CC/C=C/CCCCCCCC. The highest BCUT2D eigenvalue weighted by Gasteiger charge is 2.44. The number of hydrogen-bond donors (Lipinski definition) is 6. The Morgan fingerprint density at radius 2 is 0.811 bits per heavy atom. The summed E-state index contributed by atoms with van der Waals surface area (Å²) in [5.41, 5.74) is 0. The standard InChI is InChI=1S/C65H119NO8/c1-3-5-7-9-11-13-15-17-19-21-22-23-24-25-26-27-28-29-30-31-32-33-34-35-36-37-38-39-41-43-45-47-49-51-53-55-61(69)66-58(57-73-65-64(72)63(71)62(70)60(56-67)74-65)59(68)54-52-50-48-46-44-42-40-20-18-16-14-12-10-8-6-4-2/h15,17-18,20-22,44,46,52,54,58-60,62-65,67-68,70-72H,3-14,16,19,23-43,45,47-51,53,55-57H2,1-2H3,(H,66,69)/b17-15-,20-18+,22-21-,46-44+,54-52+. The molecule has 9 nitrogen and oxygen atoms in total. The molecule has 1 fully saturated rings. The molecule has 0 aliphatic carbocycles. The molecule has 1 rings (SSSR count). The van der Waals surface area contributed by atoms with Crippen LogP contribution in [0.25, 0.3) is 0 Å². The zero-order valence-corrected chi connectivity index (χ0v) is 48.1. The first-order valence-electron chi connectivity index (χ1n) is 31.5. The lowest BCUT2D eigenvalue weighted by Crippen LogP contribution is -2.60. The van der Waals surface area contributed by atoms with Gasteiger partial charge >= 0.3 is 0 Å². The molecule has 1 aliphatic heterocycles. The number of nitrogens with one attached hydrogen (secondary N) is 1. The predicted molar refractivity (Wildman–Crippen MR) is 313 cm³/mol. The van der Waals surface area contributed by atoms with Gasteiger partial charge < -0.3 is 40.3 Å².